The van der Waals surface area contributed by atoms with Crippen LogP contribution in [0.15, 0.2) is 18.2 Å². The quantitative estimate of drug-likeness (QED) is 0.858. The predicted molar refractivity (Wildman–Crippen MR) is 82.3 cm³/mol. The van der Waals surface area contributed by atoms with Gasteiger partial charge in [-0.2, -0.15) is 0 Å². The number of nitrogens with zero attached hydrogens (tertiary/aromatic N) is 1. The fourth-order valence-electron chi connectivity index (χ4n) is 1.84. The smallest absolute Gasteiger partial charge is 0.243 e. The van der Waals surface area contributed by atoms with Crippen molar-refractivity contribution in [2.24, 2.45) is 5.73 Å². The molecule has 0 bridgehead atoms. The van der Waals surface area contributed by atoms with E-state index < -0.39 is 6.04 Å². The molecule has 1 atom stereocenters. The fourth-order valence-corrected chi connectivity index (χ4v) is 2.74. The van der Waals surface area contributed by atoms with E-state index >= 15 is 0 Å². The highest BCUT2D eigenvalue weighted by Crippen LogP contribution is 2.29. The van der Waals surface area contributed by atoms with Crippen molar-refractivity contribution < 1.29 is 9.53 Å². The van der Waals surface area contributed by atoms with E-state index in [9.17, 15) is 4.79 Å². The molecule has 0 aliphatic rings. The third-order valence-electron chi connectivity index (χ3n) is 3.03. The van der Waals surface area contributed by atoms with Gasteiger partial charge in [0.2, 0.25) is 5.91 Å². The number of unbranched alkanes of at least 4 members (excludes halogenated alkanes) is 1. The second kappa shape index (κ2) is 6.67. The Hall–Kier alpha value is -1.66. The van der Waals surface area contributed by atoms with E-state index in [4.69, 9.17) is 10.5 Å². The molecule has 0 fully saturated rings. The monoisotopic (exact) mass is 293 g/mol. The van der Waals surface area contributed by atoms with E-state index in [1.54, 1.807) is 7.11 Å². The number of hydrogen-bond acceptors (Lipinski definition) is 5. The second-order valence-electron chi connectivity index (χ2n) is 4.59. The van der Waals surface area contributed by atoms with Crippen molar-refractivity contribution in [3.63, 3.8) is 0 Å². The van der Waals surface area contributed by atoms with Gasteiger partial charge in [0.05, 0.1) is 23.4 Å². The number of hydrogen-bond donors (Lipinski definition) is 2. The fraction of sp³-hybridized carbons (Fsp3) is 0.429. The highest BCUT2D eigenvalue weighted by molar-refractivity contribution is 7.22. The number of thiazole rings is 1. The van der Waals surface area contributed by atoms with E-state index in [0.29, 0.717) is 11.6 Å². The summed E-state index contributed by atoms with van der Waals surface area (Å²) in [4.78, 5) is 16.3. The maximum Gasteiger partial charge on any atom is 0.243 e. The number of nitrogens with one attached hydrogen (secondary N) is 1. The standard InChI is InChI=1S/C14H19N3O2S/c1-3-4-5-10(15)13(18)17-14-16-11-7-6-9(19-2)8-12(11)20-14/h6-8,10H,3-5,15H2,1-2H3,(H,16,17,18). The Bertz CT molecular complexity index is 597. The summed E-state index contributed by atoms with van der Waals surface area (Å²) in [6.45, 7) is 2.07. The number of aromatic nitrogens is 1. The SMILES string of the molecule is CCCCC(N)C(=O)Nc1nc2ccc(OC)cc2s1. The lowest BCUT2D eigenvalue weighted by molar-refractivity contribution is -0.117. The highest BCUT2D eigenvalue weighted by Gasteiger charge is 2.15. The Labute approximate surface area is 122 Å². The van der Waals surface area contributed by atoms with Crippen LogP contribution in [0.3, 0.4) is 0 Å². The number of nitrogens with two attached hydrogens (primary N) is 1. The number of amides is 1. The van der Waals surface area contributed by atoms with Gasteiger partial charge in [-0.3, -0.25) is 4.79 Å². The first-order valence-corrected chi connectivity index (χ1v) is 7.46. The number of anilines is 1. The lowest BCUT2D eigenvalue weighted by atomic mass is 10.1. The zero-order chi connectivity index (χ0) is 14.5. The summed E-state index contributed by atoms with van der Waals surface area (Å²) in [5, 5.41) is 3.35. The number of fused-ring (bicyclic) bond motifs is 1. The highest BCUT2D eigenvalue weighted by atomic mass is 32.1. The van der Waals surface area contributed by atoms with Gasteiger partial charge in [-0.05, 0) is 24.6 Å². The van der Waals surface area contributed by atoms with Crippen LogP contribution in [0, 0.1) is 0 Å². The van der Waals surface area contributed by atoms with Crippen LogP contribution in [-0.2, 0) is 4.79 Å². The summed E-state index contributed by atoms with van der Waals surface area (Å²) in [5.41, 5.74) is 6.68. The molecule has 20 heavy (non-hydrogen) atoms. The van der Waals surface area contributed by atoms with E-state index in [2.05, 4.69) is 17.2 Å². The zero-order valence-electron chi connectivity index (χ0n) is 11.7. The minimum Gasteiger partial charge on any atom is -0.497 e. The third kappa shape index (κ3) is 3.46. The van der Waals surface area contributed by atoms with E-state index in [1.165, 1.54) is 11.3 Å². The van der Waals surface area contributed by atoms with Crippen molar-refractivity contribution in [1.82, 2.24) is 4.98 Å². The van der Waals surface area contributed by atoms with Crippen LogP contribution in [0.1, 0.15) is 26.2 Å². The molecule has 0 aliphatic heterocycles. The van der Waals surface area contributed by atoms with Crippen LogP contribution in [-0.4, -0.2) is 24.0 Å². The number of rotatable bonds is 6. The van der Waals surface area contributed by atoms with Gasteiger partial charge < -0.3 is 15.8 Å². The molecule has 3 N–H and O–H groups in total. The molecule has 6 heteroatoms. The van der Waals surface area contributed by atoms with Crippen molar-refractivity contribution in [1.29, 1.82) is 0 Å². The number of carbonyl (C=O) groups is 1. The molecule has 1 amide bonds. The Morgan fingerprint density at radius 3 is 3.05 bits per heavy atom. The van der Waals surface area contributed by atoms with Gasteiger partial charge in [0, 0.05) is 0 Å². The van der Waals surface area contributed by atoms with Crippen molar-refractivity contribution >= 4 is 32.6 Å². The first-order chi connectivity index (χ1) is 9.63. The van der Waals surface area contributed by atoms with Crippen LogP contribution >= 0.6 is 11.3 Å². The van der Waals surface area contributed by atoms with Gasteiger partial charge in [0.1, 0.15) is 5.75 Å². The molecule has 0 aliphatic carbocycles. The van der Waals surface area contributed by atoms with Gasteiger partial charge in [0.25, 0.3) is 0 Å². The van der Waals surface area contributed by atoms with E-state index in [-0.39, 0.29) is 5.91 Å². The first-order valence-electron chi connectivity index (χ1n) is 6.65. The summed E-state index contributed by atoms with van der Waals surface area (Å²) >= 11 is 1.42. The molecule has 0 radical (unpaired) electrons. The van der Waals surface area contributed by atoms with Crippen molar-refractivity contribution in [2.45, 2.75) is 32.2 Å². The molecule has 2 aromatic rings. The molecule has 2 rings (SSSR count). The van der Waals surface area contributed by atoms with E-state index in [1.807, 2.05) is 18.2 Å². The van der Waals surface area contributed by atoms with Gasteiger partial charge >= 0.3 is 0 Å². The van der Waals surface area contributed by atoms with Crippen molar-refractivity contribution in [3.05, 3.63) is 18.2 Å². The third-order valence-corrected chi connectivity index (χ3v) is 3.96. The molecule has 1 aromatic heterocycles. The molecule has 0 spiro atoms. The largest absolute Gasteiger partial charge is 0.497 e. The van der Waals surface area contributed by atoms with Crippen LogP contribution in [0.4, 0.5) is 5.13 Å². The van der Waals surface area contributed by atoms with Gasteiger partial charge in [-0.1, -0.05) is 31.1 Å². The van der Waals surface area contributed by atoms with Crippen LogP contribution < -0.4 is 15.8 Å². The second-order valence-corrected chi connectivity index (χ2v) is 5.62. The number of carbonyl (C=O) groups excluding carboxylic acids is 1. The Balaban J connectivity index is 2.07. The average molecular weight is 293 g/mol. The average Bonchev–Trinajstić information content (AvgIpc) is 2.85. The van der Waals surface area contributed by atoms with Crippen LogP contribution in [0.5, 0.6) is 5.75 Å². The molecule has 108 valence electrons. The normalized spacial score (nSPS) is 12.3. The maximum absolute atomic E-state index is 11.9. The van der Waals surface area contributed by atoms with Crippen LogP contribution in [0.2, 0.25) is 0 Å². The van der Waals surface area contributed by atoms with Gasteiger partial charge in [-0.15, -0.1) is 0 Å². The molecule has 0 saturated carbocycles. The molecular formula is C14H19N3O2S. The molecule has 0 saturated heterocycles. The summed E-state index contributed by atoms with van der Waals surface area (Å²) in [5.74, 6) is 0.600. The lowest BCUT2D eigenvalue weighted by Crippen LogP contribution is -2.35. The first kappa shape index (κ1) is 14.7. The van der Waals surface area contributed by atoms with Gasteiger partial charge in [0.15, 0.2) is 5.13 Å². The minimum atomic E-state index is -0.475. The summed E-state index contributed by atoms with van der Waals surface area (Å²) < 4.78 is 6.14. The molecule has 5 nitrogen and oxygen atoms in total. The Morgan fingerprint density at radius 1 is 1.55 bits per heavy atom. The van der Waals surface area contributed by atoms with E-state index in [0.717, 1.165) is 28.8 Å². The summed E-state index contributed by atoms with van der Waals surface area (Å²) in [6, 6.07) is 5.15. The number of methoxy groups -OCH3 is 1. The molecular weight excluding hydrogens is 274 g/mol. The number of ether oxygens (including phenoxy) is 1. The van der Waals surface area contributed by atoms with Gasteiger partial charge in [-0.25, -0.2) is 4.98 Å². The summed E-state index contributed by atoms with van der Waals surface area (Å²) in [7, 11) is 1.62. The predicted octanol–water partition coefficient (Wildman–Crippen LogP) is 2.76. The molecule has 1 aromatic carbocycles. The topological polar surface area (TPSA) is 77.2 Å². The summed E-state index contributed by atoms with van der Waals surface area (Å²) in [6.07, 6.45) is 2.68. The molecule has 1 heterocycles. The van der Waals surface area contributed by atoms with Crippen molar-refractivity contribution in [2.75, 3.05) is 12.4 Å². The maximum atomic E-state index is 11.9. The van der Waals surface area contributed by atoms with Crippen molar-refractivity contribution in [3.8, 4) is 5.75 Å². The Kier molecular flexibility index (Phi) is 4.92. The zero-order valence-corrected chi connectivity index (χ0v) is 12.5. The number of benzene rings is 1. The van der Waals surface area contributed by atoms with Crippen LogP contribution in [0.25, 0.3) is 10.2 Å². The molecule has 1 unspecified atom stereocenters. The lowest BCUT2D eigenvalue weighted by Gasteiger charge is -2.09. The minimum absolute atomic E-state index is 0.176. The Morgan fingerprint density at radius 2 is 2.35 bits per heavy atom.